The van der Waals surface area contributed by atoms with E-state index < -0.39 is 5.97 Å². The summed E-state index contributed by atoms with van der Waals surface area (Å²) in [7, 11) is 0. The van der Waals surface area contributed by atoms with Crippen molar-refractivity contribution in [1.29, 1.82) is 0 Å². The second-order valence-electron chi connectivity index (χ2n) is 4.85. The standard InChI is InChI=1S/C12H15N3O3S/c16-11(17)10-8(1-4-19-10)6-14-2-3-15-9(7-14)5-13-12(15)18/h1,4,9H,2-3,5-7H2,(H,13,18)(H,16,17). The van der Waals surface area contributed by atoms with Gasteiger partial charge in [0.15, 0.2) is 0 Å². The third-order valence-corrected chi connectivity index (χ3v) is 4.60. The average Bonchev–Trinajstić information content (AvgIpc) is 2.97. The molecule has 1 aromatic heterocycles. The first kappa shape index (κ1) is 12.4. The fourth-order valence-electron chi connectivity index (χ4n) is 2.70. The Labute approximate surface area is 114 Å². The van der Waals surface area contributed by atoms with Crippen LogP contribution >= 0.6 is 11.3 Å². The van der Waals surface area contributed by atoms with Crippen molar-refractivity contribution in [1.82, 2.24) is 15.1 Å². The van der Waals surface area contributed by atoms with Gasteiger partial charge in [0.2, 0.25) is 0 Å². The van der Waals surface area contributed by atoms with E-state index in [0.29, 0.717) is 24.5 Å². The number of carbonyl (C=O) groups is 2. The van der Waals surface area contributed by atoms with E-state index in [1.165, 1.54) is 11.3 Å². The number of amides is 2. The van der Waals surface area contributed by atoms with Crippen LogP contribution in [0.1, 0.15) is 15.2 Å². The Bertz CT molecular complexity index is 516. The Morgan fingerprint density at radius 3 is 3.16 bits per heavy atom. The molecular formula is C12H15N3O3S. The maximum Gasteiger partial charge on any atom is 0.346 e. The lowest BCUT2D eigenvalue weighted by Gasteiger charge is -2.36. The van der Waals surface area contributed by atoms with Gasteiger partial charge in [0.25, 0.3) is 0 Å². The zero-order valence-corrected chi connectivity index (χ0v) is 11.2. The SMILES string of the molecule is O=C(O)c1sccc1CN1CCN2C(=O)NCC2C1. The number of nitrogens with one attached hydrogen (secondary N) is 1. The lowest BCUT2D eigenvalue weighted by atomic mass is 10.1. The van der Waals surface area contributed by atoms with Gasteiger partial charge >= 0.3 is 12.0 Å². The van der Waals surface area contributed by atoms with Gasteiger partial charge in [-0.1, -0.05) is 0 Å². The van der Waals surface area contributed by atoms with E-state index in [1.807, 2.05) is 16.3 Å². The van der Waals surface area contributed by atoms with E-state index in [4.69, 9.17) is 5.11 Å². The van der Waals surface area contributed by atoms with E-state index in [-0.39, 0.29) is 12.1 Å². The molecule has 2 aliphatic rings. The fourth-order valence-corrected chi connectivity index (χ4v) is 3.45. The van der Waals surface area contributed by atoms with Crippen LogP contribution in [0.4, 0.5) is 4.79 Å². The summed E-state index contributed by atoms with van der Waals surface area (Å²) in [5.74, 6) is -0.860. The van der Waals surface area contributed by atoms with Crippen molar-refractivity contribution in [3.63, 3.8) is 0 Å². The molecule has 1 atom stereocenters. The van der Waals surface area contributed by atoms with Crippen LogP contribution in [0.3, 0.4) is 0 Å². The Hall–Kier alpha value is -1.60. The number of aromatic carboxylic acids is 1. The van der Waals surface area contributed by atoms with Crippen molar-refractivity contribution in [2.75, 3.05) is 26.2 Å². The molecule has 2 amide bonds. The van der Waals surface area contributed by atoms with Crippen LogP contribution in [-0.4, -0.2) is 59.1 Å². The van der Waals surface area contributed by atoms with Gasteiger partial charge in [0, 0.05) is 32.7 Å². The van der Waals surface area contributed by atoms with Gasteiger partial charge < -0.3 is 15.3 Å². The van der Waals surface area contributed by atoms with Crippen LogP contribution in [0.5, 0.6) is 0 Å². The Kier molecular flexibility index (Phi) is 3.16. The molecule has 0 saturated carbocycles. The molecule has 1 aromatic rings. The van der Waals surface area contributed by atoms with E-state index >= 15 is 0 Å². The second-order valence-corrected chi connectivity index (χ2v) is 5.76. The molecule has 0 aromatic carbocycles. The highest BCUT2D eigenvalue weighted by atomic mass is 32.1. The Balaban J connectivity index is 1.67. The van der Waals surface area contributed by atoms with Gasteiger partial charge in [-0.15, -0.1) is 11.3 Å². The number of carboxylic acids is 1. The highest BCUT2D eigenvalue weighted by Gasteiger charge is 2.35. The van der Waals surface area contributed by atoms with Crippen molar-refractivity contribution in [3.05, 3.63) is 21.9 Å². The van der Waals surface area contributed by atoms with Crippen molar-refractivity contribution in [3.8, 4) is 0 Å². The molecule has 2 saturated heterocycles. The number of carboxylic acid groups (broad SMARTS) is 1. The molecule has 2 N–H and O–H groups in total. The first-order valence-corrected chi connectivity index (χ1v) is 7.09. The van der Waals surface area contributed by atoms with Crippen LogP contribution in [0.15, 0.2) is 11.4 Å². The summed E-state index contributed by atoms with van der Waals surface area (Å²) in [4.78, 5) is 27.1. The monoisotopic (exact) mass is 281 g/mol. The van der Waals surface area contributed by atoms with Crippen LogP contribution in [-0.2, 0) is 6.54 Å². The third-order valence-electron chi connectivity index (χ3n) is 3.65. The molecule has 0 bridgehead atoms. The largest absolute Gasteiger partial charge is 0.477 e. The minimum absolute atomic E-state index is 0.0198. The molecule has 0 radical (unpaired) electrons. The van der Waals surface area contributed by atoms with Crippen molar-refractivity contribution >= 4 is 23.3 Å². The van der Waals surface area contributed by atoms with Crippen molar-refractivity contribution in [2.45, 2.75) is 12.6 Å². The average molecular weight is 281 g/mol. The normalized spacial score (nSPS) is 23.3. The summed E-state index contributed by atoms with van der Waals surface area (Å²) < 4.78 is 0. The van der Waals surface area contributed by atoms with Crippen LogP contribution < -0.4 is 5.32 Å². The molecule has 6 nitrogen and oxygen atoms in total. The molecule has 2 aliphatic heterocycles. The first-order chi connectivity index (χ1) is 9.15. The maximum absolute atomic E-state index is 11.5. The van der Waals surface area contributed by atoms with E-state index in [9.17, 15) is 9.59 Å². The number of rotatable bonds is 3. The zero-order chi connectivity index (χ0) is 13.4. The van der Waals surface area contributed by atoms with Crippen LogP contribution in [0, 0.1) is 0 Å². The molecule has 3 rings (SSSR count). The first-order valence-electron chi connectivity index (χ1n) is 6.21. The number of urea groups is 1. The number of piperazine rings is 1. The van der Waals surface area contributed by atoms with E-state index in [1.54, 1.807) is 0 Å². The number of carbonyl (C=O) groups excluding carboxylic acids is 1. The summed E-state index contributed by atoms with van der Waals surface area (Å²) in [5.41, 5.74) is 0.864. The highest BCUT2D eigenvalue weighted by Crippen LogP contribution is 2.21. The second kappa shape index (κ2) is 4.82. The summed E-state index contributed by atoms with van der Waals surface area (Å²) in [5, 5.41) is 13.8. The summed E-state index contributed by atoms with van der Waals surface area (Å²) >= 11 is 1.26. The lowest BCUT2D eigenvalue weighted by molar-refractivity contribution is 0.0698. The van der Waals surface area contributed by atoms with Crippen LogP contribution in [0.2, 0.25) is 0 Å². The van der Waals surface area contributed by atoms with Crippen molar-refractivity contribution < 1.29 is 14.7 Å². The number of nitrogens with zero attached hydrogens (tertiary/aromatic N) is 2. The number of hydrogen-bond donors (Lipinski definition) is 2. The molecule has 2 fully saturated rings. The van der Waals surface area contributed by atoms with E-state index in [2.05, 4.69) is 10.2 Å². The zero-order valence-electron chi connectivity index (χ0n) is 10.3. The molecule has 0 aliphatic carbocycles. The minimum Gasteiger partial charge on any atom is -0.477 e. The molecular weight excluding hydrogens is 266 g/mol. The molecule has 7 heteroatoms. The van der Waals surface area contributed by atoms with Gasteiger partial charge in [-0.3, -0.25) is 4.90 Å². The van der Waals surface area contributed by atoms with Gasteiger partial charge in [-0.05, 0) is 17.0 Å². The van der Waals surface area contributed by atoms with E-state index in [0.717, 1.165) is 18.7 Å². The highest BCUT2D eigenvalue weighted by molar-refractivity contribution is 7.12. The van der Waals surface area contributed by atoms with Crippen molar-refractivity contribution in [2.24, 2.45) is 0 Å². The minimum atomic E-state index is -0.860. The number of fused-ring (bicyclic) bond motifs is 1. The van der Waals surface area contributed by atoms with Gasteiger partial charge in [0.1, 0.15) is 4.88 Å². The fraction of sp³-hybridized carbons (Fsp3) is 0.500. The molecule has 1 unspecified atom stereocenters. The molecule has 3 heterocycles. The van der Waals surface area contributed by atoms with Gasteiger partial charge in [0.05, 0.1) is 6.04 Å². The topological polar surface area (TPSA) is 72.9 Å². The quantitative estimate of drug-likeness (QED) is 0.853. The summed E-state index contributed by atoms with van der Waals surface area (Å²) in [6.07, 6.45) is 0. The molecule has 19 heavy (non-hydrogen) atoms. The number of hydrogen-bond acceptors (Lipinski definition) is 4. The third kappa shape index (κ3) is 2.31. The van der Waals surface area contributed by atoms with Gasteiger partial charge in [-0.2, -0.15) is 0 Å². The number of thiophene rings is 1. The molecule has 102 valence electrons. The summed E-state index contributed by atoms with van der Waals surface area (Å²) in [6, 6.07) is 2.11. The van der Waals surface area contributed by atoms with Crippen LogP contribution in [0.25, 0.3) is 0 Å². The van der Waals surface area contributed by atoms with Gasteiger partial charge in [-0.25, -0.2) is 9.59 Å². The predicted octanol–water partition coefficient (Wildman–Crippen LogP) is 0.656. The maximum atomic E-state index is 11.5. The Morgan fingerprint density at radius 2 is 2.37 bits per heavy atom. The lowest BCUT2D eigenvalue weighted by Crippen LogP contribution is -2.51. The smallest absolute Gasteiger partial charge is 0.346 e. The Morgan fingerprint density at radius 1 is 1.53 bits per heavy atom. The summed E-state index contributed by atoms with van der Waals surface area (Å²) in [6.45, 7) is 3.63. The predicted molar refractivity (Wildman–Crippen MR) is 70.4 cm³/mol. The molecule has 0 spiro atoms.